The Morgan fingerprint density at radius 1 is 1.45 bits per heavy atom. The SMILES string of the molecule is Cc1nc(/C=C/C(=O)N[C@@H](C)c2ccccc2Cl)cs1. The Labute approximate surface area is 127 Å². The molecule has 1 amide bonds. The summed E-state index contributed by atoms with van der Waals surface area (Å²) in [7, 11) is 0. The molecule has 0 unspecified atom stereocenters. The first-order valence-electron chi connectivity index (χ1n) is 6.21. The van der Waals surface area contributed by atoms with Crippen LogP contribution in [0.3, 0.4) is 0 Å². The number of thiazole rings is 1. The lowest BCUT2D eigenvalue weighted by atomic mass is 10.1. The number of carbonyl (C=O) groups is 1. The smallest absolute Gasteiger partial charge is 0.244 e. The molecule has 1 aromatic heterocycles. The number of amides is 1. The summed E-state index contributed by atoms with van der Waals surface area (Å²) in [5.41, 5.74) is 1.70. The lowest BCUT2D eigenvalue weighted by Crippen LogP contribution is -2.24. The van der Waals surface area contributed by atoms with Gasteiger partial charge in [0.25, 0.3) is 0 Å². The number of hydrogen-bond donors (Lipinski definition) is 1. The van der Waals surface area contributed by atoms with Gasteiger partial charge in [0.2, 0.25) is 5.91 Å². The van der Waals surface area contributed by atoms with Gasteiger partial charge in [-0.1, -0.05) is 29.8 Å². The summed E-state index contributed by atoms with van der Waals surface area (Å²) in [4.78, 5) is 16.1. The van der Waals surface area contributed by atoms with E-state index in [-0.39, 0.29) is 11.9 Å². The fourth-order valence-electron chi connectivity index (χ4n) is 1.78. The van der Waals surface area contributed by atoms with Crippen molar-refractivity contribution in [1.82, 2.24) is 10.3 Å². The average Bonchev–Trinajstić information content (AvgIpc) is 2.82. The number of carbonyl (C=O) groups excluding carboxylic acids is 1. The minimum atomic E-state index is -0.164. The minimum Gasteiger partial charge on any atom is -0.346 e. The molecule has 0 saturated heterocycles. The molecule has 1 atom stereocenters. The zero-order valence-corrected chi connectivity index (χ0v) is 12.8. The van der Waals surface area contributed by atoms with Crippen LogP contribution in [0.1, 0.15) is 29.2 Å². The van der Waals surface area contributed by atoms with Gasteiger partial charge in [0.1, 0.15) is 0 Å². The summed E-state index contributed by atoms with van der Waals surface area (Å²) in [5.74, 6) is -0.164. The third-order valence-electron chi connectivity index (χ3n) is 2.77. The molecule has 3 nitrogen and oxygen atoms in total. The predicted molar refractivity (Wildman–Crippen MR) is 83.9 cm³/mol. The van der Waals surface area contributed by atoms with E-state index in [0.29, 0.717) is 5.02 Å². The predicted octanol–water partition coefficient (Wildman–Crippen LogP) is 4.00. The van der Waals surface area contributed by atoms with Crippen LogP contribution in [0.5, 0.6) is 0 Å². The topological polar surface area (TPSA) is 42.0 Å². The van der Waals surface area contributed by atoms with Crippen LogP contribution in [-0.4, -0.2) is 10.9 Å². The lowest BCUT2D eigenvalue weighted by Gasteiger charge is -2.14. The van der Waals surface area contributed by atoms with Crippen molar-refractivity contribution in [1.29, 1.82) is 0 Å². The highest BCUT2D eigenvalue weighted by Crippen LogP contribution is 2.22. The summed E-state index contributed by atoms with van der Waals surface area (Å²) in [6.45, 7) is 3.83. The first-order valence-corrected chi connectivity index (χ1v) is 7.47. The Morgan fingerprint density at radius 3 is 2.85 bits per heavy atom. The van der Waals surface area contributed by atoms with Gasteiger partial charge >= 0.3 is 0 Å². The Balaban J connectivity index is 1.98. The number of rotatable bonds is 4. The molecule has 20 heavy (non-hydrogen) atoms. The lowest BCUT2D eigenvalue weighted by molar-refractivity contribution is -0.117. The van der Waals surface area contributed by atoms with Crippen LogP contribution in [0.15, 0.2) is 35.7 Å². The van der Waals surface area contributed by atoms with E-state index in [0.717, 1.165) is 16.3 Å². The van der Waals surface area contributed by atoms with Gasteiger partial charge in [0.05, 0.1) is 16.7 Å². The molecule has 1 heterocycles. The minimum absolute atomic E-state index is 0.141. The maximum absolute atomic E-state index is 11.9. The van der Waals surface area contributed by atoms with E-state index in [1.807, 2.05) is 43.5 Å². The maximum Gasteiger partial charge on any atom is 0.244 e. The van der Waals surface area contributed by atoms with Gasteiger partial charge in [-0.3, -0.25) is 4.79 Å². The van der Waals surface area contributed by atoms with E-state index in [4.69, 9.17) is 11.6 Å². The van der Waals surface area contributed by atoms with Gasteiger partial charge in [0, 0.05) is 16.5 Å². The van der Waals surface area contributed by atoms with Crippen LogP contribution in [0.2, 0.25) is 5.02 Å². The second-order valence-electron chi connectivity index (χ2n) is 4.38. The van der Waals surface area contributed by atoms with Crippen molar-refractivity contribution in [2.24, 2.45) is 0 Å². The summed E-state index contributed by atoms with van der Waals surface area (Å²) in [6, 6.07) is 7.34. The maximum atomic E-state index is 11.9. The third kappa shape index (κ3) is 3.92. The van der Waals surface area contributed by atoms with Crippen molar-refractivity contribution in [2.75, 3.05) is 0 Å². The van der Waals surface area contributed by atoms with Crippen LogP contribution < -0.4 is 5.32 Å². The molecule has 1 N–H and O–H groups in total. The fraction of sp³-hybridized carbons (Fsp3) is 0.200. The van der Waals surface area contributed by atoms with Crippen molar-refractivity contribution in [3.8, 4) is 0 Å². The summed E-state index contributed by atoms with van der Waals surface area (Å²) in [5, 5.41) is 6.43. The van der Waals surface area contributed by atoms with Gasteiger partial charge in [-0.25, -0.2) is 4.98 Å². The summed E-state index contributed by atoms with van der Waals surface area (Å²) < 4.78 is 0. The van der Waals surface area contributed by atoms with E-state index in [1.54, 1.807) is 17.4 Å². The largest absolute Gasteiger partial charge is 0.346 e. The molecule has 0 bridgehead atoms. The zero-order chi connectivity index (χ0) is 14.5. The number of nitrogens with zero attached hydrogens (tertiary/aromatic N) is 1. The number of aromatic nitrogens is 1. The molecule has 104 valence electrons. The Hall–Kier alpha value is -1.65. The van der Waals surface area contributed by atoms with Crippen molar-refractivity contribution < 1.29 is 4.79 Å². The van der Waals surface area contributed by atoms with Crippen molar-refractivity contribution >= 4 is 34.9 Å². The molecule has 0 radical (unpaired) electrons. The molecule has 5 heteroatoms. The molecule has 1 aromatic carbocycles. The van der Waals surface area contributed by atoms with Gasteiger partial charge in [-0.2, -0.15) is 0 Å². The molecule has 0 aliphatic heterocycles. The fourth-order valence-corrected chi connectivity index (χ4v) is 2.66. The second kappa shape index (κ2) is 6.68. The van der Waals surface area contributed by atoms with Crippen LogP contribution in [0.4, 0.5) is 0 Å². The van der Waals surface area contributed by atoms with E-state index in [1.165, 1.54) is 6.08 Å². The normalized spacial score (nSPS) is 12.6. The number of hydrogen-bond acceptors (Lipinski definition) is 3. The first-order chi connectivity index (χ1) is 9.56. The highest BCUT2D eigenvalue weighted by molar-refractivity contribution is 7.09. The molecule has 0 saturated carbocycles. The Morgan fingerprint density at radius 2 is 2.20 bits per heavy atom. The monoisotopic (exact) mass is 306 g/mol. The number of benzene rings is 1. The van der Waals surface area contributed by atoms with Crippen LogP contribution in [0, 0.1) is 6.92 Å². The second-order valence-corrected chi connectivity index (χ2v) is 5.85. The molecule has 0 spiro atoms. The quantitative estimate of drug-likeness (QED) is 0.868. The van der Waals surface area contributed by atoms with Crippen LogP contribution >= 0.6 is 22.9 Å². The molecule has 0 aliphatic carbocycles. The van der Waals surface area contributed by atoms with Gasteiger partial charge in [-0.05, 0) is 31.6 Å². The first kappa shape index (κ1) is 14.8. The number of halogens is 1. The molecule has 0 fully saturated rings. The zero-order valence-electron chi connectivity index (χ0n) is 11.3. The van der Waals surface area contributed by atoms with Gasteiger partial charge in [0.15, 0.2) is 0 Å². The van der Waals surface area contributed by atoms with E-state index >= 15 is 0 Å². The molecule has 0 aliphatic rings. The highest BCUT2D eigenvalue weighted by Gasteiger charge is 2.10. The Bertz CT molecular complexity index is 636. The van der Waals surface area contributed by atoms with Crippen LogP contribution in [-0.2, 0) is 4.79 Å². The highest BCUT2D eigenvalue weighted by atomic mass is 35.5. The average molecular weight is 307 g/mol. The van der Waals surface area contributed by atoms with E-state index < -0.39 is 0 Å². The molecule has 2 rings (SSSR count). The number of nitrogens with one attached hydrogen (secondary N) is 1. The van der Waals surface area contributed by atoms with Crippen molar-refractivity contribution in [3.63, 3.8) is 0 Å². The summed E-state index contributed by atoms with van der Waals surface area (Å²) in [6.07, 6.45) is 3.19. The Kier molecular flexibility index (Phi) is 4.93. The van der Waals surface area contributed by atoms with Crippen molar-refractivity contribution in [2.45, 2.75) is 19.9 Å². The molecular weight excluding hydrogens is 292 g/mol. The standard InChI is InChI=1S/C15H15ClN2OS/c1-10(13-5-3-4-6-14(13)16)17-15(19)8-7-12-9-20-11(2)18-12/h3-10H,1-2H3,(H,17,19)/b8-7+/t10-/m0/s1. The van der Waals surface area contributed by atoms with Gasteiger partial charge < -0.3 is 5.32 Å². The van der Waals surface area contributed by atoms with Crippen LogP contribution in [0.25, 0.3) is 6.08 Å². The van der Waals surface area contributed by atoms with E-state index in [2.05, 4.69) is 10.3 Å². The summed E-state index contributed by atoms with van der Waals surface area (Å²) >= 11 is 7.66. The van der Waals surface area contributed by atoms with Crippen molar-refractivity contribution in [3.05, 3.63) is 57.0 Å². The van der Waals surface area contributed by atoms with E-state index in [9.17, 15) is 4.79 Å². The third-order valence-corrected chi connectivity index (χ3v) is 3.91. The molecule has 2 aromatic rings. The van der Waals surface area contributed by atoms with Gasteiger partial charge in [-0.15, -0.1) is 11.3 Å². The molecular formula is C15H15ClN2OS. The number of aryl methyl sites for hydroxylation is 1.